The van der Waals surface area contributed by atoms with E-state index in [-0.39, 0.29) is 5.91 Å². The zero-order valence-corrected chi connectivity index (χ0v) is 17.9. The second-order valence-electron chi connectivity index (χ2n) is 6.60. The molecule has 1 amide bonds. The number of thioether (sulfide) groups is 1. The minimum atomic E-state index is -0.0772. The summed E-state index contributed by atoms with van der Waals surface area (Å²) in [5.41, 5.74) is 3.23. The van der Waals surface area contributed by atoms with Gasteiger partial charge in [0, 0.05) is 19.0 Å². The number of aryl methyl sites for hydroxylation is 2. The van der Waals surface area contributed by atoms with E-state index in [0.29, 0.717) is 22.4 Å². The molecule has 1 heterocycles. The van der Waals surface area contributed by atoms with Crippen LogP contribution in [0.1, 0.15) is 23.1 Å². The number of hydrogen-bond donors (Lipinski definition) is 0. The zero-order chi connectivity index (χ0) is 20.1. The van der Waals surface area contributed by atoms with Gasteiger partial charge in [0.2, 0.25) is 0 Å². The van der Waals surface area contributed by atoms with Gasteiger partial charge in [0.1, 0.15) is 15.8 Å². The number of para-hydroxylation sites is 1. The first kappa shape index (κ1) is 20.4. The van der Waals surface area contributed by atoms with Gasteiger partial charge in [0.25, 0.3) is 5.91 Å². The van der Waals surface area contributed by atoms with E-state index in [4.69, 9.17) is 21.7 Å². The summed E-state index contributed by atoms with van der Waals surface area (Å²) in [6.45, 7) is 5.24. The molecule has 0 saturated carbocycles. The predicted octanol–water partition coefficient (Wildman–Crippen LogP) is 4.98. The molecule has 3 rings (SSSR count). The van der Waals surface area contributed by atoms with Crippen molar-refractivity contribution in [3.63, 3.8) is 0 Å². The number of likely N-dealkylation sites (N-methyl/N-ethyl adjacent to an activating group) is 1. The van der Waals surface area contributed by atoms with Crippen LogP contribution in [0.3, 0.4) is 0 Å². The molecule has 6 heteroatoms. The highest BCUT2D eigenvalue weighted by Gasteiger charge is 2.28. The van der Waals surface area contributed by atoms with Crippen LogP contribution >= 0.6 is 24.0 Å². The SMILES string of the molecule is Cc1ccc(OCCCOc2ccccc2/C=C2\SC(=S)N(C)C2=O)c(C)c1. The van der Waals surface area contributed by atoms with Gasteiger partial charge in [-0.2, -0.15) is 0 Å². The van der Waals surface area contributed by atoms with Crippen molar-refractivity contribution in [2.24, 2.45) is 0 Å². The number of carbonyl (C=O) groups excluding carboxylic acids is 1. The van der Waals surface area contributed by atoms with E-state index in [1.807, 2.05) is 49.4 Å². The first-order valence-electron chi connectivity index (χ1n) is 9.09. The highest BCUT2D eigenvalue weighted by Crippen LogP contribution is 2.33. The van der Waals surface area contributed by atoms with Gasteiger partial charge in [-0.05, 0) is 37.6 Å². The fourth-order valence-electron chi connectivity index (χ4n) is 2.80. The molecule has 0 radical (unpaired) electrons. The Morgan fingerprint density at radius 2 is 1.79 bits per heavy atom. The highest BCUT2D eigenvalue weighted by atomic mass is 32.2. The van der Waals surface area contributed by atoms with Crippen molar-refractivity contribution in [2.45, 2.75) is 20.3 Å². The third-order valence-electron chi connectivity index (χ3n) is 4.33. The van der Waals surface area contributed by atoms with Crippen LogP contribution in [0.15, 0.2) is 47.4 Å². The highest BCUT2D eigenvalue weighted by molar-refractivity contribution is 8.26. The average Bonchev–Trinajstić information content (AvgIpc) is 2.91. The lowest BCUT2D eigenvalue weighted by molar-refractivity contribution is -0.121. The summed E-state index contributed by atoms with van der Waals surface area (Å²) < 4.78 is 12.3. The van der Waals surface area contributed by atoms with Gasteiger partial charge in [-0.3, -0.25) is 9.69 Å². The summed E-state index contributed by atoms with van der Waals surface area (Å²) in [6, 6.07) is 13.9. The maximum absolute atomic E-state index is 12.2. The molecule has 28 heavy (non-hydrogen) atoms. The molecule has 0 bridgehead atoms. The number of benzene rings is 2. The van der Waals surface area contributed by atoms with E-state index in [0.717, 1.165) is 29.0 Å². The molecule has 2 aromatic carbocycles. The van der Waals surface area contributed by atoms with Crippen LogP contribution in [-0.4, -0.2) is 35.4 Å². The Bertz CT molecular complexity index is 924. The van der Waals surface area contributed by atoms with E-state index >= 15 is 0 Å². The molecular formula is C22H23NO3S2. The monoisotopic (exact) mass is 413 g/mol. The molecule has 0 aromatic heterocycles. The van der Waals surface area contributed by atoms with Crippen LogP contribution in [0.4, 0.5) is 0 Å². The molecule has 1 aliphatic rings. The summed E-state index contributed by atoms with van der Waals surface area (Å²) in [5.74, 6) is 1.58. The van der Waals surface area contributed by atoms with Gasteiger partial charge in [0.15, 0.2) is 0 Å². The van der Waals surface area contributed by atoms with Crippen LogP contribution in [0.2, 0.25) is 0 Å². The molecular weight excluding hydrogens is 390 g/mol. The first-order valence-corrected chi connectivity index (χ1v) is 10.3. The lowest BCUT2D eigenvalue weighted by Gasteiger charge is -2.12. The van der Waals surface area contributed by atoms with Crippen molar-refractivity contribution in [2.75, 3.05) is 20.3 Å². The second kappa shape index (κ2) is 9.26. The molecule has 0 spiro atoms. The minimum Gasteiger partial charge on any atom is -0.493 e. The molecule has 0 atom stereocenters. The van der Waals surface area contributed by atoms with Gasteiger partial charge >= 0.3 is 0 Å². The van der Waals surface area contributed by atoms with E-state index in [1.54, 1.807) is 7.05 Å². The normalized spacial score (nSPS) is 15.4. The van der Waals surface area contributed by atoms with E-state index in [9.17, 15) is 4.79 Å². The number of amides is 1. The number of ether oxygens (including phenoxy) is 2. The summed E-state index contributed by atoms with van der Waals surface area (Å²) in [6.07, 6.45) is 2.60. The predicted molar refractivity (Wildman–Crippen MR) is 119 cm³/mol. The van der Waals surface area contributed by atoms with Crippen LogP contribution < -0.4 is 9.47 Å². The molecule has 2 aromatic rings. The van der Waals surface area contributed by atoms with Crippen molar-refractivity contribution in [1.29, 1.82) is 0 Å². The standard InChI is InChI=1S/C22H23NO3S2/c1-15-9-10-18(16(2)13-15)25-11-6-12-26-19-8-5-4-7-17(19)14-20-21(24)23(3)22(27)28-20/h4-5,7-10,13-14H,6,11-12H2,1-3H3/b20-14-. The fraction of sp³-hybridized carbons (Fsp3) is 0.273. The number of thiocarbonyl (C=S) groups is 1. The fourth-order valence-corrected chi connectivity index (χ4v) is 3.97. The van der Waals surface area contributed by atoms with Gasteiger partial charge in [-0.1, -0.05) is 59.9 Å². The number of hydrogen-bond acceptors (Lipinski definition) is 5. The minimum absolute atomic E-state index is 0.0772. The molecule has 0 aliphatic carbocycles. The molecule has 1 aliphatic heterocycles. The molecule has 0 unspecified atom stereocenters. The van der Waals surface area contributed by atoms with Crippen molar-refractivity contribution in [3.8, 4) is 11.5 Å². The van der Waals surface area contributed by atoms with E-state index in [1.165, 1.54) is 22.2 Å². The smallest absolute Gasteiger partial charge is 0.265 e. The Balaban J connectivity index is 1.56. The van der Waals surface area contributed by atoms with Gasteiger partial charge in [-0.15, -0.1) is 0 Å². The van der Waals surface area contributed by atoms with Crippen LogP contribution in [0, 0.1) is 13.8 Å². The maximum atomic E-state index is 12.2. The summed E-state index contributed by atoms with van der Waals surface area (Å²) in [5, 5.41) is 0. The Hall–Kier alpha value is -2.31. The number of carbonyl (C=O) groups is 1. The van der Waals surface area contributed by atoms with Crippen molar-refractivity contribution in [3.05, 3.63) is 64.1 Å². The topological polar surface area (TPSA) is 38.8 Å². The summed E-state index contributed by atoms with van der Waals surface area (Å²) in [7, 11) is 1.69. The summed E-state index contributed by atoms with van der Waals surface area (Å²) in [4.78, 5) is 14.3. The Morgan fingerprint density at radius 3 is 2.46 bits per heavy atom. The number of rotatable bonds is 7. The van der Waals surface area contributed by atoms with Crippen LogP contribution in [-0.2, 0) is 4.79 Å². The van der Waals surface area contributed by atoms with Gasteiger partial charge in [0.05, 0.1) is 18.1 Å². The zero-order valence-electron chi connectivity index (χ0n) is 16.2. The lowest BCUT2D eigenvalue weighted by atomic mass is 10.1. The molecule has 1 saturated heterocycles. The third kappa shape index (κ3) is 4.94. The van der Waals surface area contributed by atoms with Crippen molar-refractivity contribution >= 4 is 40.3 Å². The van der Waals surface area contributed by atoms with Crippen molar-refractivity contribution < 1.29 is 14.3 Å². The summed E-state index contributed by atoms with van der Waals surface area (Å²) >= 11 is 6.49. The molecule has 0 N–H and O–H groups in total. The second-order valence-corrected chi connectivity index (χ2v) is 8.27. The van der Waals surface area contributed by atoms with Gasteiger partial charge in [-0.25, -0.2) is 0 Å². The Morgan fingerprint density at radius 1 is 1.07 bits per heavy atom. The maximum Gasteiger partial charge on any atom is 0.265 e. The van der Waals surface area contributed by atoms with Gasteiger partial charge < -0.3 is 9.47 Å². The van der Waals surface area contributed by atoms with E-state index in [2.05, 4.69) is 13.0 Å². The molecule has 4 nitrogen and oxygen atoms in total. The third-order valence-corrected chi connectivity index (χ3v) is 5.81. The number of nitrogens with zero attached hydrogens (tertiary/aromatic N) is 1. The first-order chi connectivity index (χ1) is 13.5. The Kier molecular flexibility index (Phi) is 6.75. The van der Waals surface area contributed by atoms with Crippen LogP contribution in [0.25, 0.3) is 6.08 Å². The average molecular weight is 414 g/mol. The van der Waals surface area contributed by atoms with Crippen molar-refractivity contribution in [1.82, 2.24) is 4.90 Å². The molecule has 1 fully saturated rings. The quantitative estimate of drug-likeness (QED) is 0.364. The van der Waals surface area contributed by atoms with Crippen LogP contribution in [0.5, 0.6) is 11.5 Å². The lowest BCUT2D eigenvalue weighted by Crippen LogP contribution is -2.22. The van der Waals surface area contributed by atoms with E-state index < -0.39 is 0 Å². The largest absolute Gasteiger partial charge is 0.493 e. The molecule has 146 valence electrons. The Labute approximate surface area is 175 Å².